The molecule has 0 aliphatic rings. The van der Waals surface area contributed by atoms with Gasteiger partial charge in [-0.2, -0.15) is 0 Å². The Labute approximate surface area is 88.3 Å². The van der Waals surface area contributed by atoms with Crippen LogP contribution in [0.15, 0.2) is 22.1 Å². The monoisotopic (exact) mass is 257 g/mol. The highest BCUT2D eigenvalue weighted by molar-refractivity contribution is 9.10. The first-order valence-electron chi connectivity index (χ1n) is 3.71. The molecule has 0 aliphatic heterocycles. The number of halogens is 1. The van der Waals surface area contributed by atoms with Gasteiger partial charge < -0.3 is 10.3 Å². The third-order valence-corrected chi connectivity index (χ3v) is 3.60. The molecule has 3 nitrogen and oxygen atoms in total. The number of hydrogen-bond donors (Lipinski definition) is 1. The molecule has 0 atom stereocenters. The van der Waals surface area contributed by atoms with E-state index in [0.29, 0.717) is 5.95 Å². The Bertz CT molecular complexity index is 419. The van der Waals surface area contributed by atoms with Gasteiger partial charge in [-0.15, -0.1) is 11.3 Å². The molecule has 2 heterocycles. The predicted octanol–water partition coefficient (Wildman–Crippen LogP) is 2.49. The summed E-state index contributed by atoms with van der Waals surface area (Å²) in [6.45, 7) is 0. The predicted molar refractivity (Wildman–Crippen MR) is 58.6 cm³/mol. The molecule has 5 heteroatoms. The summed E-state index contributed by atoms with van der Waals surface area (Å²) in [5.41, 5.74) is 6.59. The molecule has 13 heavy (non-hydrogen) atoms. The lowest BCUT2D eigenvalue weighted by atomic mass is 10.4. The van der Waals surface area contributed by atoms with Crippen molar-refractivity contribution in [1.29, 1.82) is 0 Å². The van der Waals surface area contributed by atoms with Crippen molar-refractivity contribution in [2.24, 2.45) is 7.05 Å². The van der Waals surface area contributed by atoms with E-state index in [4.69, 9.17) is 5.73 Å². The molecule has 0 bridgehead atoms. The fourth-order valence-corrected chi connectivity index (χ4v) is 2.40. The van der Waals surface area contributed by atoms with E-state index in [-0.39, 0.29) is 0 Å². The molecule has 2 rings (SSSR count). The zero-order chi connectivity index (χ0) is 9.42. The molecule has 0 amide bonds. The van der Waals surface area contributed by atoms with Crippen LogP contribution < -0.4 is 5.73 Å². The molecular formula is C8H8BrN3S. The van der Waals surface area contributed by atoms with E-state index in [2.05, 4.69) is 20.9 Å². The minimum atomic E-state index is 0.523. The van der Waals surface area contributed by atoms with E-state index in [1.165, 1.54) is 0 Å². The van der Waals surface area contributed by atoms with Crippen molar-refractivity contribution in [3.63, 3.8) is 0 Å². The third kappa shape index (κ3) is 1.38. The maximum Gasteiger partial charge on any atom is 0.201 e. The number of imidazole rings is 1. The molecule has 68 valence electrons. The highest BCUT2D eigenvalue weighted by Crippen LogP contribution is 2.31. The summed E-state index contributed by atoms with van der Waals surface area (Å²) in [6.07, 6.45) is 0. The zero-order valence-corrected chi connectivity index (χ0v) is 9.39. The van der Waals surface area contributed by atoms with Crippen molar-refractivity contribution in [2.75, 3.05) is 5.73 Å². The van der Waals surface area contributed by atoms with Crippen molar-refractivity contribution in [1.82, 2.24) is 9.55 Å². The Hall–Kier alpha value is -0.810. The Morgan fingerprint density at radius 3 is 2.85 bits per heavy atom. The first-order valence-corrected chi connectivity index (χ1v) is 5.39. The fraction of sp³-hybridized carbons (Fsp3) is 0.125. The van der Waals surface area contributed by atoms with Crippen LogP contribution in [-0.4, -0.2) is 9.55 Å². The summed E-state index contributed by atoms with van der Waals surface area (Å²) in [6, 6.07) is 4.02. The molecule has 0 aliphatic carbocycles. The standard InChI is InChI=1S/C8H8BrN3S/c1-12-7(9)6(11-8(12)10)5-3-2-4-13-5/h2-4H,1H3,(H2,10,11). The lowest BCUT2D eigenvalue weighted by Gasteiger charge is -1.94. The van der Waals surface area contributed by atoms with Gasteiger partial charge in [-0.25, -0.2) is 4.98 Å². The van der Waals surface area contributed by atoms with E-state index >= 15 is 0 Å². The molecule has 2 aromatic heterocycles. The van der Waals surface area contributed by atoms with Crippen LogP contribution in [0.2, 0.25) is 0 Å². The van der Waals surface area contributed by atoms with Gasteiger partial charge in [-0.3, -0.25) is 0 Å². The van der Waals surface area contributed by atoms with E-state index in [9.17, 15) is 0 Å². The van der Waals surface area contributed by atoms with E-state index in [1.807, 2.05) is 29.1 Å². The normalized spacial score (nSPS) is 10.6. The largest absolute Gasteiger partial charge is 0.369 e. The molecule has 0 spiro atoms. The van der Waals surface area contributed by atoms with Crippen molar-refractivity contribution >= 4 is 33.2 Å². The molecule has 0 saturated carbocycles. The third-order valence-electron chi connectivity index (χ3n) is 1.81. The average molecular weight is 258 g/mol. The van der Waals surface area contributed by atoms with Crippen LogP contribution in [0.5, 0.6) is 0 Å². The maximum absolute atomic E-state index is 5.67. The molecule has 0 fully saturated rings. The summed E-state index contributed by atoms with van der Waals surface area (Å²) in [5.74, 6) is 0.523. The molecule has 0 saturated heterocycles. The van der Waals surface area contributed by atoms with Gasteiger partial charge in [0, 0.05) is 7.05 Å². The van der Waals surface area contributed by atoms with Crippen molar-refractivity contribution < 1.29 is 0 Å². The lowest BCUT2D eigenvalue weighted by molar-refractivity contribution is 0.907. The summed E-state index contributed by atoms with van der Waals surface area (Å²) in [4.78, 5) is 5.38. The average Bonchev–Trinajstić information content (AvgIpc) is 2.70. The number of hydrogen-bond acceptors (Lipinski definition) is 3. The van der Waals surface area contributed by atoms with Crippen LogP contribution in [0.1, 0.15) is 0 Å². The number of nitrogens with zero attached hydrogens (tertiary/aromatic N) is 2. The highest BCUT2D eigenvalue weighted by atomic mass is 79.9. The van der Waals surface area contributed by atoms with Crippen molar-refractivity contribution in [2.45, 2.75) is 0 Å². The zero-order valence-electron chi connectivity index (χ0n) is 6.99. The number of aromatic nitrogens is 2. The van der Waals surface area contributed by atoms with Gasteiger partial charge >= 0.3 is 0 Å². The Kier molecular flexibility index (Phi) is 2.13. The molecule has 0 aromatic carbocycles. The van der Waals surface area contributed by atoms with Gasteiger partial charge in [-0.05, 0) is 27.4 Å². The SMILES string of the molecule is Cn1c(N)nc(-c2cccs2)c1Br. The second-order valence-electron chi connectivity index (χ2n) is 2.65. The van der Waals surface area contributed by atoms with Gasteiger partial charge in [0.05, 0.1) is 4.88 Å². The molecular weight excluding hydrogens is 250 g/mol. The Balaban J connectivity index is 2.59. The van der Waals surface area contributed by atoms with Crippen LogP contribution >= 0.6 is 27.3 Å². The number of nitrogen functional groups attached to an aromatic ring is 1. The van der Waals surface area contributed by atoms with Gasteiger partial charge in [0.25, 0.3) is 0 Å². The van der Waals surface area contributed by atoms with Crippen LogP contribution in [0.3, 0.4) is 0 Å². The lowest BCUT2D eigenvalue weighted by Crippen LogP contribution is -1.96. The quantitative estimate of drug-likeness (QED) is 0.854. The van der Waals surface area contributed by atoms with E-state index in [0.717, 1.165) is 15.2 Å². The van der Waals surface area contributed by atoms with Crippen molar-refractivity contribution in [3.05, 3.63) is 22.1 Å². The topological polar surface area (TPSA) is 43.8 Å². The molecule has 0 radical (unpaired) electrons. The number of anilines is 1. The first-order chi connectivity index (χ1) is 6.20. The van der Waals surface area contributed by atoms with Crippen LogP contribution in [-0.2, 0) is 7.05 Å². The van der Waals surface area contributed by atoms with Gasteiger partial charge in [-0.1, -0.05) is 6.07 Å². The highest BCUT2D eigenvalue weighted by Gasteiger charge is 2.12. The summed E-state index contributed by atoms with van der Waals surface area (Å²) in [5, 5.41) is 2.02. The van der Waals surface area contributed by atoms with Crippen LogP contribution in [0, 0.1) is 0 Å². The minimum Gasteiger partial charge on any atom is -0.369 e. The molecule has 2 aromatic rings. The molecule has 0 unspecified atom stereocenters. The second-order valence-corrected chi connectivity index (χ2v) is 4.34. The molecule has 2 N–H and O–H groups in total. The van der Waals surface area contributed by atoms with Gasteiger partial charge in [0.15, 0.2) is 0 Å². The summed E-state index contributed by atoms with van der Waals surface area (Å²) >= 11 is 5.10. The van der Waals surface area contributed by atoms with Gasteiger partial charge in [0.1, 0.15) is 10.3 Å². The fourth-order valence-electron chi connectivity index (χ4n) is 1.07. The van der Waals surface area contributed by atoms with E-state index in [1.54, 1.807) is 11.3 Å². The second kappa shape index (κ2) is 3.16. The van der Waals surface area contributed by atoms with Crippen LogP contribution in [0.4, 0.5) is 5.95 Å². The smallest absolute Gasteiger partial charge is 0.201 e. The van der Waals surface area contributed by atoms with Gasteiger partial charge in [0.2, 0.25) is 5.95 Å². The number of thiophene rings is 1. The maximum atomic E-state index is 5.67. The van der Waals surface area contributed by atoms with Crippen molar-refractivity contribution in [3.8, 4) is 10.6 Å². The van der Waals surface area contributed by atoms with Crippen LogP contribution in [0.25, 0.3) is 10.6 Å². The summed E-state index contributed by atoms with van der Waals surface area (Å²) in [7, 11) is 1.88. The Morgan fingerprint density at radius 2 is 2.38 bits per heavy atom. The number of rotatable bonds is 1. The minimum absolute atomic E-state index is 0.523. The number of nitrogens with two attached hydrogens (primary N) is 1. The van der Waals surface area contributed by atoms with E-state index < -0.39 is 0 Å². The first kappa shape index (κ1) is 8.77. The summed E-state index contributed by atoms with van der Waals surface area (Å²) < 4.78 is 2.74. The Morgan fingerprint density at radius 1 is 1.62 bits per heavy atom.